The zero-order chi connectivity index (χ0) is 13.5. The molecule has 1 aromatic rings. The summed E-state index contributed by atoms with van der Waals surface area (Å²) in [5.74, 6) is 0.731. The Morgan fingerprint density at radius 3 is 2.79 bits per heavy atom. The predicted molar refractivity (Wildman–Crippen MR) is 82.4 cm³/mol. The fourth-order valence-corrected chi connectivity index (χ4v) is 2.83. The molecule has 19 heavy (non-hydrogen) atoms. The van der Waals surface area contributed by atoms with Gasteiger partial charge in [0, 0.05) is 12.6 Å². The van der Waals surface area contributed by atoms with Gasteiger partial charge in [0.1, 0.15) is 0 Å². The molecule has 0 aliphatic carbocycles. The highest BCUT2D eigenvalue weighted by molar-refractivity contribution is 5.14. The Balaban J connectivity index is 1.75. The fraction of sp³-hybridized carbons (Fsp3) is 0.647. The first kappa shape index (κ1) is 14.5. The maximum absolute atomic E-state index is 3.68. The molecule has 106 valence electrons. The maximum Gasteiger partial charge on any atom is 0.0217 e. The first-order valence-corrected chi connectivity index (χ1v) is 7.75. The van der Waals surface area contributed by atoms with Crippen LogP contribution in [0.4, 0.5) is 0 Å². The second-order valence-corrected chi connectivity index (χ2v) is 6.05. The van der Waals surface area contributed by atoms with Crippen LogP contribution in [0.5, 0.6) is 0 Å². The van der Waals surface area contributed by atoms with Gasteiger partial charge in [0.15, 0.2) is 0 Å². The lowest BCUT2D eigenvalue weighted by atomic mass is 10.0. The molecule has 0 aromatic heterocycles. The Hall–Kier alpha value is -0.860. The normalized spacial score (nSPS) is 21.5. The van der Waals surface area contributed by atoms with E-state index in [0.717, 1.165) is 5.92 Å². The van der Waals surface area contributed by atoms with E-state index in [1.807, 2.05) is 0 Å². The molecular formula is C17H28N2. The fourth-order valence-electron chi connectivity index (χ4n) is 2.83. The largest absolute Gasteiger partial charge is 0.312 e. The number of hydrogen-bond donors (Lipinski definition) is 1. The van der Waals surface area contributed by atoms with Crippen LogP contribution in [0.2, 0.25) is 0 Å². The van der Waals surface area contributed by atoms with Crippen LogP contribution in [0.25, 0.3) is 0 Å². The van der Waals surface area contributed by atoms with Gasteiger partial charge >= 0.3 is 0 Å². The van der Waals surface area contributed by atoms with Crippen LogP contribution >= 0.6 is 0 Å². The molecular weight excluding hydrogens is 232 g/mol. The van der Waals surface area contributed by atoms with E-state index in [9.17, 15) is 0 Å². The van der Waals surface area contributed by atoms with Crippen molar-refractivity contribution in [1.82, 2.24) is 10.2 Å². The SMILES string of the molecule is CC(C)C1CN(CCCc2ccccc2)CCCN1. The van der Waals surface area contributed by atoms with Gasteiger partial charge in [-0.2, -0.15) is 0 Å². The van der Waals surface area contributed by atoms with Crippen molar-refractivity contribution in [2.45, 2.75) is 39.2 Å². The van der Waals surface area contributed by atoms with Crippen molar-refractivity contribution in [2.75, 3.05) is 26.2 Å². The third-order valence-electron chi connectivity index (χ3n) is 4.10. The average Bonchev–Trinajstić information content (AvgIpc) is 2.66. The van der Waals surface area contributed by atoms with E-state index in [1.54, 1.807) is 0 Å². The van der Waals surface area contributed by atoms with E-state index in [4.69, 9.17) is 0 Å². The summed E-state index contributed by atoms with van der Waals surface area (Å²) in [7, 11) is 0. The molecule has 1 aliphatic heterocycles. The minimum absolute atomic E-state index is 0.666. The molecule has 1 saturated heterocycles. The Morgan fingerprint density at radius 1 is 1.26 bits per heavy atom. The molecule has 0 radical (unpaired) electrons. The van der Waals surface area contributed by atoms with Gasteiger partial charge in [0.2, 0.25) is 0 Å². The zero-order valence-corrected chi connectivity index (χ0v) is 12.4. The van der Waals surface area contributed by atoms with E-state index in [-0.39, 0.29) is 0 Å². The summed E-state index contributed by atoms with van der Waals surface area (Å²) in [6, 6.07) is 11.5. The molecule has 1 aliphatic rings. The Bertz CT molecular complexity index is 348. The average molecular weight is 260 g/mol. The van der Waals surface area contributed by atoms with Gasteiger partial charge in [-0.25, -0.2) is 0 Å². The van der Waals surface area contributed by atoms with Crippen LogP contribution in [-0.2, 0) is 6.42 Å². The predicted octanol–water partition coefficient (Wildman–Crippen LogP) is 2.94. The van der Waals surface area contributed by atoms with E-state index in [1.165, 1.54) is 51.0 Å². The van der Waals surface area contributed by atoms with E-state index in [2.05, 4.69) is 54.4 Å². The third kappa shape index (κ3) is 4.96. The van der Waals surface area contributed by atoms with Crippen molar-refractivity contribution in [3.63, 3.8) is 0 Å². The Morgan fingerprint density at radius 2 is 2.05 bits per heavy atom. The van der Waals surface area contributed by atoms with Gasteiger partial charge in [0.05, 0.1) is 0 Å². The number of benzene rings is 1. The molecule has 2 heteroatoms. The molecule has 0 saturated carbocycles. The second kappa shape index (κ2) is 7.66. The van der Waals surface area contributed by atoms with Crippen molar-refractivity contribution in [3.05, 3.63) is 35.9 Å². The number of hydrogen-bond acceptors (Lipinski definition) is 2. The topological polar surface area (TPSA) is 15.3 Å². The first-order chi connectivity index (χ1) is 9.25. The zero-order valence-electron chi connectivity index (χ0n) is 12.4. The van der Waals surface area contributed by atoms with Crippen LogP contribution < -0.4 is 5.32 Å². The lowest BCUT2D eigenvalue weighted by molar-refractivity contribution is 0.243. The van der Waals surface area contributed by atoms with Gasteiger partial charge in [-0.1, -0.05) is 44.2 Å². The summed E-state index contributed by atoms with van der Waals surface area (Å²) in [6.07, 6.45) is 3.76. The number of nitrogens with one attached hydrogen (secondary N) is 1. The van der Waals surface area contributed by atoms with Crippen molar-refractivity contribution in [3.8, 4) is 0 Å². The molecule has 2 nitrogen and oxygen atoms in total. The van der Waals surface area contributed by atoms with Crippen molar-refractivity contribution in [1.29, 1.82) is 0 Å². The molecule has 0 amide bonds. The van der Waals surface area contributed by atoms with Crippen LogP contribution in [0.15, 0.2) is 30.3 Å². The molecule has 1 atom stereocenters. The first-order valence-electron chi connectivity index (χ1n) is 7.75. The molecule has 0 spiro atoms. The number of nitrogens with zero attached hydrogens (tertiary/aromatic N) is 1. The highest BCUT2D eigenvalue weighted by Gasteiger charge is 2.19. The molecule has 1 fully saturated rings. The third-order valence-corrected chi connectivity index (χ3v) is 4.10. The van der Waals surface area contributed by atoms with Gasteiger partial charge in [-0.3, -0.25) is 0 Å². The molecule has 0 bridgehead atoms. The standard InChI is InChI=1S/C17H28N2/c1-15(2)17-14-19(13-7-11-18-17)12-6-10-16-8-4-3-5-9-16/h3-5,8-9,15,17-18H,6-7,10-14H2,1-2H3. The van der Waals surface area contributed by atoms with E-state index >= 15 is 0 Å². The van der Waals surface area contributed by atoms with Crippen molar-refractivity contribution < 1.29 is 0 Å². The smallest absolute Gasteiger partial charge is 0.0217 e. The number of aryl methyl sites for hydroxylation is 1. The lowest BCUT2D eigenvalue weighted by Crippen LogP contribution is -2.41. The summed E-state index contributed by atoms with van der Waals surface area (Å²) in [5, 5.41) is 3.68. The van der Waals surface area contributed by atoms with E-state index < -0.39 is 0 Å². The monoisotopic (exact) mass is 260 g/mol. The van der Waals surface area contributed by atoms with E-state index in [0.29, 0.717) is 6.04 Å². The molecule has 1 heterocycles. The summed E-state index contributed by atoms with van der Waals surface area (Å²) < 4.78 is 0. The minimum Gasteiger partial charge on any atom is -0.312 e. The molecule has 1 aromatic carbocycles. The van der Waals surface area contributed by atoms with Crippen molar-refractivity contribution in [2.24, 2.45) is 5.92 Å². The van der Waals surface area contributed by atoms with Crippen LogP contribution in [0.3, 0.4) is 0 Å². The van der Waals surface area contributed by atoms with Gasteiger partial charge < -0.3 is 10.2 Å². The maximum atomic E-state index is 3.68. The highest BCUT2D eigenvalue weighted by Crippen LogP contribution is 2.10. The quantitative estimate of drug-likeness (QED) is 0.875. The summed E-state index contributed by atoms with van der Waals surface area (Å²) in [4.78, 5) is 2.65. The molecule has 1 N–H and O–H groups in total. The summed E-state index contributed by atoms with van der Waals surface area (Å²) in [6.45, 7) is 9.53. The van der Waals surface area contributed by atoms with Gasteiger partial charge in [-0.05, 0) is 50.4 Å². The minimum atomic E-state index is 0.666. The Labute approximate surface area is 118 Å². The van der Waals surface area contributed by atoms with Crippen LogP contribution in [0.1, 0.15) is 32.3 Å². The van der Waals surface area contributed by atoms with Gasteiger partial charge in [0.25, 0.3) is 0 Å². The summed E-state index contributed by atoms with van der Waals surface area (Å²) in [5.41, 5.74) is 1.47. The highest BCUT2D eigenvalue weighted by atomic mass is 15.2. The van der Waals surface area contributed by atoms with Crippen LogP contribution in [0, 0.1) is 5.92 Å². The lowest BCUT2D eigenvalue weighted by Gasteiger charge is -2.26. The second-order valence-electron chi connectivity index (χ2n) is 6.05. The Kier molecular flexibility index (Phi) is 5.87. The molecule has 2 rings (SSSR count). The molecule has 1 unspecified atom stereocenters. The summed E-state index contributed by atoms with van der Waals surface area (Å²) >= 11 is 0. The van der Waals surface area contributed by atoms with Gasteiger partial charge in [-0.15, -0.1) is 0 Å². The number of rotatable bonds is 5. The van der Waals surface area contributed by atoms with Crippen molar-refractivity contribution >= 4 is 0 Å². The van der Waals surface area contributed by atoms with Crippen LogP contribution in [-0.4, -0.2) is 37.1 Å².